The van der Waals surface area contributed by atoms with E-state index in [9.17, 15) is 13.2 Å². The van der Waals surface area contributed by atoms with Crippen LogP contribution in [0.1, 0.15) is 29.9 Å². The van der Waals surface area contributed by atoms with Gasteiger partial charge in [0, 0.05) is 28.1 Å². The fourth-order valence-corrected chi connectivity index (χ4v) is 4.95. The lowest BCUT2D eigenvalue weighted by molar-refractivity contribution is -0.295. The van der Waals surface area contributed by atoms with Crippen LogP contribution < -0.4 is 0 Å². The van der Waals surface area contributed by atoms with Gasteiger partial charge in [0.2, 0.25) is 0 Å². The maximum absolute atomic E-state index is 13.9. The third kappa shape index (κ3) is 5.42. The highest BCUT2D eigenvalue weighted by molar-refractivity contribution is 6.30. The highest BCUT2D eigenvalue weighted by Gasteiger charge is 2.45. The van der Waals surface area contributed by atoms with Gasteiger partial charge in [0.25, 0.3) is 0 Å². The molecule has 0 radical (unpaired) electrons. The van der Waals surface area contributed by atoms with Gasteiger partial charge in [-0.1, -0.05) is 65.1 Å². The zero-order valence-electron chi connectivity index (χ0n) is 20.3. The van der Waals surface area contributed by atoms with Gasteiger partial charge in [-0.25, -0.2) is 17.9 Å². The molecule has 2 saturated heterocycles. The van der Waals surface area contributed by atoms with E-state index >= 15 is 0 Å². The summed E-state index contributed by atoms with van der Waals surface area (Å²) in [7, 11) is 0. The summed E-state index contributed by atoms with van der Waals surface area (Å²) in [6.45, 7) is 0.256. The van der Waals surface area contributed by atoms with E-state index in [1.807, 2.05) is 42.5 Å². The van der Waals surface area contributed by atoms with Crippen molar-refractivity contribution in [3.8, 4) is 23.1 Å². The Morgan fingerprint density at radius 1 is 0.949 bits per heavy atom. The molecule has 2 aliphatic heterocycles. The standard InChI is InChI=1S/C29H21ClF3N3O3/c30-20-8-4-5-17(11-20)9-10-21-14-25(28-26(38-21)16-37-29(39-28)18-6-2-1-3-7-18)36-15-24(34-35-36)19-12-22(31)27(33)23(32)13-19/h1-8,11-13,15,21,25-26,28-29H,14,16H2. The van der Waals surface area contributed by atoms with Crippen LogP contribution >= 0.6 is 11.6 Å². The number of aromatic nitrogens is 3. The number of hydrogen-bond donors (Lipinski definition) is 0. The maximum atomic E-state index is 13.9. The molecular weight excluding hydrogens is 531 g/mol. The van der Waals surface area contributed by atoms with Gasteiger partial charge in [-0.3, -0.25) is 0 Å². The molecule has 6 nitrogen and oxygen atoms in total. The molecule has 1 aromatic heterocycles. The number of halogens is 4. The van der Waals surface area contributed by atoms with Gasteiger partial charge < -0.3 is 14.2 Å². The van der Waals surface area contributed by atoms with Crippen molar-refractivity contribution in [1.29, 1.82) is 0 Å². The molecule has 3 heterocycles. The summed E-state index contributed by atoms with van der Waals surface area (Å²) < 4.78 is 61.4. The molecule has 0 amide bonds. The zero-order valence-corrected chi connectivity index (χ0v) is 21.1. The highest BCUT2D eigenvalue weighted by atomic mass is 35.5. The topological polar surface area (TPSA) is 58.4 Å². The number of nitrogens with zero attached hydrogens (tertiary/aromatic N) is 3. The van der Waals surface area contributed by atoms with Crippen molar-refractivity contribution >= 4 is 11.6 Å². The average Bonchev–Trinajstić information content (AvgIpc) is 3.45. The molecule has 2 aliphatic rings. The van der Waals surface area contributed by atoms with E-state index in [2.05, 4.69) is 22.2 Å². The maximum Gasteiger partial charge on any atom is 0.194 e. The first kappa shape index (κ1) is 25.6. The second-order valence-electron chi connectivity index (χ2n) is 9.26. The van der Waals surface area contributed by atoms with Gasteiger partial charge in [-0.05, 0) is 30.3 Å². The van der Waals surface area contributed by atoms with Crippen molar-refractivity contribution in [3.63, 3.8) is 0 Å². The van der Waals surface area contributed by atoms with Crippen LogP contribution in [0.25, 0.3) is 11.3 Å². The third-order valence-corrected chi connectivity index (χ3v) is 6.87. The molecule has 5 unspecified atom stereocenters. The van der Waals surface area contributed by atoms with Crippen molar-refractivity contribution in [1.82, 2.24) is 15.0 Å². The Morgan fingerprint density at radius 3 is 2.51 bits per heavy atom. The van der Waals surface area contributed by atoms with Gasteiger partial charge in [-0.2, -0.15) is 0 Å². The lowest BCUT2D eigenvalue weighted by atomic mass is 9.94. The Hall–Kier alpha value is -3.68. The third-order valence-electron chi connectivity index (χ3n) is 6.64. The number of rotatable bonds is 3. The molecule has 5 atom stereocenters. The second kappa shape index (κ2) is 10.8. The molecule has 0 N–H and O–H groups in total. The number of ether oxygens (including phenoxy) is 3. The SMILES string of the molecule is Fc1cc(-c2cn(C3CC(C#Cc4cccc(Cl)c4)OC4COC(c5ccccc5)OC43)nn2)cc(F)c1F. The first-order chi connectivity index (χ1) is 18.9. The normalized spacial score (nSPS) is 24.5. The predicted octanol–water partition coefficient (Wildman–Crippen LogP) is 5.88. The summed E-state index contributed by atoms with van der Waals surface area (Å²) in [5, 5.41) is 8.91. The van der Waals surface area contributed by atoms with Gasteiger partial charge in [0.1, 0.15) is 24.0 Å². The van der Waals surface area contributed by atoms with E-state index in [-0.39, 0.29) is 17.9 Å². The molecule has 39 heavy (non-hydrogen) atoms. The lowest BCUT2D eigenvalue weighted by Crippen LogP contribution is -2.52. The molecule has 0 bridgehead atoms. The van der Waals surface area contributed by atoms with Gasteiger partial charge >= 0.3 is 0 Å². The number of benzene rings is 3. The molecule has 0 aliphatic carbocycles. The Morgan fingerprint density at radius 2 is 1.74 bits per heavy atom. The van der Waals surface area contributed by atoms with E-state index < -0.39 is 48.1 Å². The van der Waals surface area contributed by atoms with Crippen LogP contribution in [0.2, 0.25) is 5.02 Å². The molecule has 3 aromatic carbocycles. The van der Waals surface area contributed by atoms with Crippen LogP contribution in [0.3, 0.4) is 0 Å². The van der Waals surface area contributed by atoms with E-state index in [4.69, 9.17) is 25.8 Å². The summed E-state index contributed by atoms with van der Waals surface area (Å²) in [5.41, 5.74) is 1.85. The first-order valence-corrected chi connectivity index (χ1v) is 12.6. The van der Waals surface area contributed by atoms with Crippen LogP contribution in [0.5, 0.6) is 0 Å². The summed E-state index contributed by atoms with van der Waals surface area (Å²) >= 11 is 6.09. The number of fused-ring (bicyclic) bond motifs is 1. The lowest BCUT2D eigenvalue weighted by Gasteiger charge is -2.44. The summed E-state index contributed by atoms with van der Waals surface area (Å²) in [6.07, 6.45) is -0.109. The molecule has 0 saturated carbocycles. The monoisotopic (exact) mass is 551 g/mol. The first-order valence-electron chi connectivity index (χ1n) is 12.3. The van der Waals surface area contributed by atoms with Gasteiger partial charge in [0.05, 0.1) is 18.8 Å². The van der Waals surface area contributed by atoms with E-state index in [1.54, 1.807) is 23.0 Å². The zero-order chi connectivity index (χ0) is 26.9. The minimum atomic E-state index is -1.54. The molecule has 6 rings (SSSR count). The molecule has 198 valence electrons. The molecular formula is C29H21ClF3N3O3. The molecule has 4 aromatic rings. The largest absolute Gasteiger partial charge is 0.357 e. The minimum Gasteiger partial charge on any atom is -0.357 e. The van der Waals surface area contributed by atoms with Crippen LogP contribution in [0, 0.1) is 29.3 Å². The minimum absolute atomic E-state index is 0.0635. The van der Waals surface area contributed by atoms with E-state index in [0.29, 0.717) is 11.4 Å². The predicted molar refractivity (Wildman–Crippen MR) is 136 cm³/mol. The quantitative estimate of drug-likeness (QED) is 0.235. The number of hydrogen-bond acceptors (Lipinski definition) is 5. The molecule has 2 fully saturated rings. The average molecular weight is 552 g/mol. The summed E-state index contributed by atoms with van der Waals surface area (Å²) in [6, 6.07) is 18.1. The van der Waals surface area contributed by atoms with Gasteiger partial charge in [-0.15, -0.1) is 5.10 Å². The van der Waals surface area contributed by atoms with Gasteiger partial charge in [0.15, 0.2) is 23.7 Å². The Balaban J connectivity index is 1.31. The smallest absolute Gasteiger partial charge is 0.194 e. The van der Waals surface area contributed by atoms with Crippen LogP contribution in [-0.2, 0) is 14.2 Å². The summed E-state index contributed by atoms with van der Waals surface area (Å²) in [4.78, 5) is 0. The van der Waals surface area contributed by atoms with E-state index in [1.165, 1.54) is 0 Å². The molecule has 0 spiro atoms. The Bertz CT molecular complexity index is 1530. The summed E-state index contributed by atoms with van der Waals surface area (Å²) in [5.74, 6) is 2.11. The van der Waals surface area contributed by atoms with Crippen LogP contribution in [-0.4, -0.2) is 39.9 Å². The fraction of sp³-hybridized carbons (Fsp3) is 0.241. The van der Waals surface area contributed by atoms with Crippen molar-refractivity contribution in [2.24, 2.45) is 0 Å². The fourth-order valence-electron chi connectivity index (χ4n) is 4.76. The molecule has 10 heteroatoms. The van der Waals surface area contributed by atoms with E-state index in [0.717, 1.165) is 23.3 Å². The van der Waals surface area contributed by atoms with Crippen LogP contribution in [0.15, 0.2) is 72.9 Å². The van der Waals surface area contributed by atoms with Crippen LogP contribution in [0.4, 0.5) is 13.2 Å². The second-order valence-corrected chi connectivity index (χ2v) is 9.70. The van der Waals surface area contributed by atoms with Crippen molar-refractivity contribution in [3.05, 3.63) is 107 Å². The highest BCUT2D eigenvalue weighted by Crippen LogP contribution is 2.39. The van der Waals surface area contributed by atoms with Crippen molar-refractivity contribution < 1.29 is 27.4 Å². The Labute approximate surface area is 227 Å². The van der Waals surface area contributed by atoms with Crippen molar-refractivity contribution in [2.75, 3.05) is 6.61 Å². The Kier molecular flexibility index (Phi) is 7.11. The van der Waals surface area contributed by atoms with Crippen molar-refractivity contribution in [2.45, 2.75) is 37.1 Å².